The summed E-state index contributed by atoms with van der Waals surface area (Å²) in [6.45, 7) is 3.05. The van der Waals surface area contributed by atoms with Crippen molar-refractivity contribution in [2.24, 2.45) is 11.7 Å². The van der Waals surface area contributed by atoms with Crippen molar-refractivity contribution in [1.82, 2.24) is 25.9 Å². The van der Waals surface area contributed by atoms with E-state index in [0.29, 0.717) is 12.0 Å². The summed E-state index contributed by atoms with van der Waals surface area (Å²) in [7, 11) is 0. The van der Waals surface area contributed by atoms with Crippen LogP contribution in [0.3, 0.4) is 0 Å². The third-order valence-corrected chi connectivity index (χ3v) is 7.32. The van der Waals surface area contributed by atoms with Gasteiger partial charge in [0.15, 0.2) is 0 Å². The molecule has 0 bridgehead atoms. The van der Waals surface area contributed by atoms with Gasteiger partial charge in [-0.2, -0.15) is 0 Å². The summed E-state index contributed by atoms with van der Waals surface area (Å²) >= 11 is 0. The lowest BCUT2D eigenvalue weighted by Crippen LogP contribution is -2.58. The number of amides is 3. The summed E-state index contributed by atoms with van der Waals surface area (Å²) < 4.78 is 0. The van der Waals surface area contributed by atoms with E-state index >= 15 is 0 Å². The molecule has 0 fully saturated rings. The van der Waals surface area contributed by atoms with Crippen molar-refractivity contribution in [2.45, 2.75) is 57.3 Å². The molecule has 12 nitrogen and oxygen atoms in total. The van der Waals surface area contributed by atoms with E-state index in [9.17, 15) is 29.4 Å². The topological polar surface area (TPSA) is 202 Å². The van der Waals surface area contributed by atoms with Crippen molar-refractivity contribution < 1.29 is 29.4 Å². The van der Waals surface area contributed by atoms with Crippen molar-refractivity contribution >= 4 is 45.5 Å². The number of carbonyl (C=O) groups excluding carboxylic acids is 3. The van der Waals surface area contributed by atoms with Crippen LogP contribution in [0.2, 0.25) is 0 Å². The molecule has 0 aliphatic heterocycles. The molecule has 0 aliphatic carbocycles. The van der Waals surface area contributed by atoms with Crippen molar-refractivity contribution in [3.63, 3.8) is 0 Å². The number of H-pyrrole nitrogens is 2. The number of nitrogens with two attached hydrogens (primary N) is 1. The van der Waals surface area contributed by atoms with Crippen LogP contribution in [-0.4, -0.2) is 74.6 Å². The molecule has 4 atom stereocenters. The molecule has 0 aliphatic rings. The third-order valence-electron chi connectivity index (χ3n) is 7.32. The number of rotatable bonds is 14. The Kier molecular flexibility index (Phi) is 10.2. The summed E-state index contributed by atoms with van der Waals surface area (Å²) in [5.74, 6) is -3.21. The third kappa shape index (κ3) is 7.79. The molecule has 0 radical (unpaired) electrons. The molecular weight excluding hydrogens is 552 g/mol. The lowest BCUT2D eigenvalue weighted by atomic mass is 10.00. The first-order chi connectivity index (χ1) is 20.6. The number of aliphatic hydroxyl groups is 1. The molecule has 4 rings (SSSR count). The fourth-order valence-electron chi connectivity index (χ4n) is 5.08. The monoisotopic (exact) mass is 590 g/mol. The van der Waals surface area contributed by atoms with Crippen LogP contribution in [0.25, 0.3) is 21.8 Å². The molecule has 0 spiro atoms. The number of carboxylic acid groups (broad SMARTS) is 1. The number of nitrogens with one attached hydrogen (secondary N) is 5. The highest BCUT2D eigenvalue weighted by Gasteiger charge is 2.31. The van der Waals surface area contributed by atoms with Crippen LogP contribution in [-0.2, 0) is 32.0 Å². The quantitative estimate of drug-likeness (QED) is 0.108. The van der Waals surface area contributed by atoms with Gasteiger partial charge in [-0.05, 0) is 35.6 Å². The first-order valence-electron chi connectivity index (χ1n) is 14.2. The Bertz CT molecular complexity index is 1590. The summed E-state index contributed by atoms with van der Waals surface area (Å²) in [5.41, 5.74) is 9.30. The average Bonchev–Trinajstić information content (AvgIpc) is 3.58. The maximum Gasteiger partial charge on any atom is 0.328 e. The predicted molar refractivity (Wildman–Crippen MR) is 162 cm³/mol. The van der Waals surface area contributed by atoms with Crippen LogP contribution in [0.1, 0.15) is 31.4 Å². The van der Waals surface area contributed by atoms with Gasteiger partial charge in [0.05, 0.1) is 12.6 Å². The van der Waals surface area contributed by atoms with Gasteiger partial charge in [-0.25, -0.2) is 4.79 Å². The van der Waals surface area contributed by atoms with Crippen LogP contribution >= 0.6 is 0 Å². The standard InChI is InChI=1S/C31H38N6O6/c1-17(2)11-22(32)28(39)35-25(12-18-14-33-23-9-5-3-7-20(18)23)29(40)36-26(30(41)37-27(16-38)31(42)43)13-19-15-34-24-10-6-4-8-21(19)24/h3-10,14-15,17,22,25-27,33-34,38H,11-13,16,32H2,1-2H3,(H,35,39)(H,36,40)(H,37,41)(H,42,43). The van der Waals surface area contributed by atoms with Crippen molar-refractivity contribution in [2.75, 3.05) is 6.61 Å². The average molecular weight is 591 g/mol. The van der Waals surface area contributed by atoms with Crippen molar-refractivity contribution in [3.8, 4) is 0 Å². The smallest absolute Gasteiger partial charge is 0.328 e. The zero-order chi connectivity index (χ0) is 31.1. The number of carbonyl (C=O) groups is 4. The Balaban J connectivity index is 1.63. The lowest BCUT2D eigenvalue weighted by Gasteiger charge is -2.25. The van der Waals surface area contributed by atoms with E-state index in [1.165, 1.54) is 0 Å². The largest absolute Gasteiger partial charge is 0.480 e. The van der Waals surface area contributed by atoms with Gasteiger partial charge in [0.25, 0.3) is 0 Å². The highest BCUT2D eigenvalue weighted by Crippen LogP contribution is 2.21. The maximum atomic E-state index is 13.9. The zero-order valence-electron chi connectivity index (χ0n) is 24.1. The number of para-hydroxylation sites is 2. The van der Waals surface area contributed by atoms with Gasteiger partial charge in [0.2, 0.25) is 17.7 Å². The van der Waals surface area contributed by atoms with E-state index in [0.717, 1.165) is 27.4 Å². The number of aliphatic carboxylic acids is 1. The Morgan fingerprint density at radius 2 is 1.19 bits per heavy atom. The van der Waals surface area contributed by atoms with Gasteiger partial charge < -0.3 is 41.9 Å². The molecule has 2 aromatic heterocycles. The van der Waals surface area contributed by atoms with E-state index < -0.39 is 54.5 Å². The van der Waals surface area contributed by atoms with Gasteiger partial charge in [-0.1, -0.05) is 50.2 Å². The van der Waals surface area contributed by atoms with E-state index in [-0.39, 0.29) is 18.8 Å². The molecule has 0 saturated carbocycles. The van der Waals surface area contributed by atoms with Gasteiger partial charge in [-0.15, -0.1) is 0 Å². The minimum atomic E-state index is -1.56. The van der Waals surface area contributed by atoms with Crippen LogP contribution in [0.4, 0.5) is 0 Å². The fourth-order valence-corrected chi connectivity index (χ4v) is 5.08. The predicted octanol–water partition coefficient (Wildman–Crippen LogP) is 1.34. The Hall–Kier alpha value is -4.68. The number of carboxylic acids is 1. The second-order valence-electron chi connectivity index (χ2n) is 11.1. The highest BCUT2D eigenvalue weighted by molar-refractivity contribution is 5.95. The molecule has 12 heteroatoms. The number of fused-ring (bicyclic) bond motifs is 2. The molecule has 4 unspecified atom stereocenters. The van der Waals surface area contributed by atoms with Crippen LogP contribution in [0, 0.1) is 5.92 Å². The van der Waals surface area contributed by atoms with Crippen molar-refractivity contribution in [3.05, 3.63) is 72.1 Å². The van der Waals surface area contributed by atoms with Crippen LogP contribution in [0.15, 0.2) is 60.9 Å². The maximum absolute atomic E-state index is 13.9. The molecule has 2 aromatic carbocycles. The Morgan fingerprint density at radius 3 is 1.63 bits per heavy atom. The van der Waals surface area contributed by atoms with Crippen LogP contribution < -0.4 is 21.7 Å². The van der Waals surface area contributed by atoms with Gasteiger partial charge in [0, 0.05) is 47.0 Å². The second kappa shape index (κ2) is 14.0. The first kappa shape index (κ1) is 31.3. The molecule has 228 valence electrons. The highest BCUT2D eigenvalue weighted by atomic mass is 16.4. The minimum absolute atomic E-state index is 0.0139. The molecule has 2 heterocycles. The number of benzene rings is 2. The summed E-state index contributed by atoms with van der Waals surface area (Å²) in [6, 6.07) is 10.2. The molecule has 3 amide bonds. The van der Waals surface area contributed by atoms with E-state index in [1.54, 1.807) is 12.4 Å². The van der Waals surface area contributed by atoms with E-state index in [4.69, 9.17) is 5.73 Å². The second-order valence-corrected chi connectivity index (χ2v) is 11.1. The molecule has 0 saturated heterocycles. The summed E-state index contributed by atoms with van der Waals surface area (Å²) in [5, 5.41) is 28.4. The summed E-state index contributed by atoms with van der Waals surface area (Å²) in [6.07, 6.45) is 4.01. The summed E-state index contributed by atoms with van der Waals surface area (Å²) in [4.78, 5) is 58.1. The normalized spacial score (nSPS) is 14.3. The zero-order valence-corrected chi connectivity index (χ0v) is 24.1. The number of hydrogen-bond acceptors (Lipinski definition) is 6. The fraction of sp³-hybridized carbons (Fsp3) is 0.355. The number of aromatic nitrogens is 2. The molecular formula is C31H38N6O6. The van der Waals surface area contributed by atoms with Gasteiger partial charge in [-0.3, -0.25) is 14.4 Å². The lowest BCUT2D eigenvalue weighted by molar-refractivity contribution is -0.143. The number of hydrogen-bond donors (Lipinski definition) is 8. The molecule has 9 N–H and O–H groups in total. The van der Waals surface area contributed by atoms with E-state index in [2.05, 4.69) is 25.9 Å². The van der Waals surface area contributed by atoms with Crippen LogP contribution in [0.5, 0.6) is 0 Å². The number of aromatic amines is 2. The molecule has 43 heavy (non-hydrogen) atoms. The first-order valence-corrected chi connectivity index (χ1v) is 14.2. The Morgan fingerprint density at radius 1 is 0.744 bits per heavy atom. The SMILES string of the molecule is CC(C)CC(N)C(=O)NC(Cc1c[nH]c2ccccc12)C(=O)NC(Cc1c[nH]c2ccccc12)C(=O)NC(CO)C(=O)O. The Labute approximate surface area is 248 Å². The van der Waals surface area contributed by atoms with Crippen molar-refractivity contribution in [1.29, 1.82) is 0 Å². The van der Waals surface area contributed by atoms with Gasteiger partial charge >= 0.3 is 5.97 Å². The number of aliphatic hydroxyl groups excluding tert-OH is 1. The van der Waals surface area contributed by atoms with E-state index in [1.807, 2.05) is 62.4 Å². The minimum Gasteiger partial charge on any atom is -0.480 e. The van der Waals surface area contributed by atoms with Gasteiger partial charge in [0.1, 0.15) is 18.1 Å². The molecule has 4 aromatic rings.